The maximum atomic E-state index is 6.23. The number of hydrogen-bond donors (Lipinski definition) is 2. The van der Waals surface area contributed by atoms with Gasteiger partial charge in [0.15, 0.2) is 11.5 Å². The molecule has 0 saturated heterocycles. The molecule has 6 nitrogen and oxygen atoms in total. The van der Waals surface area contributed by atoms with Gasteiger partial charge in [-0.2, -0.15) is 0 Å². The van der Waals surface area contributed by atoms with Crippen molar-refractivity contribution in [2.45, 2.75) is 37.8 Å². The highest BCUT2D eigenvalue weighted by atomic mass is 15.2. The molecule has 0 bridgehead atoms. The van der Waals surface area contributed by atoms with Gasteiger partial charge in [-0.15, -0.1) is 0 Å². The smallest absolute Gasteiger partial charge is 0.182 e. The van der Waals surface area contributed by atoms with E-state index in [1.54, 1.807) is 12.7 Å². The Morgan fingerprint density at radius 1 is 1.28 bits per heavy atom. The molecule has 2 atom stereocenters. The van der Waals surface area contributed by atoms with Gasteiger partial charge in [0, 0.05) is 19.1 Å². The lowest BCUT2D eigenvalue weighted by atomic mass is 9.90. The molecule has 3 rings (SSSR count). The monoisotopic (exact) mass is 246 g/mol. The summed E-state index contributed by atoms with van der Waals surface area (Å²) in [5.74, 6) is 0.889. The maximum absolute atomic E-state index is 6.23. The highest BCUT2D eigenvalue weighted by molar-refractivity contribution is 5.82. The van der Waals surface area contributed by atoms with E-state index in [0.29, 0.717) is 11.7 Å². The number of likely N-dealkylation sites (N-methyl/N-ethyl adjacent to an activating group) is 1. The molecule has 0 aromatic carbocycles. The fourth-order valence-corrected chi connectivity index (χ4v) is 2.80. The van der Waals surface area contributed by atoms with Crippen molar-refractivity contribution in [3.63, 3.8) is 0 Å². The first-order valence-corrected chi connectivity index (χ1v) is 6.40. The summed E-state index contributed by atoms with van der Waals surface area (Å²) in [6.07, 6.45) is 7.89. The molecule has 0 aliphatic heterocycles. The van der Waals surface area contributed by atoms with Gasteiger partial charge in [-0.3, -0.25) is 0 Å². The predicted molar refractivity (Wildman–Crippen MR) is 70.3 cm³/mol. The Bertz CT molecular complexity index is 536. The molecule has 2 unspecified atom stereocenters. The van der Waals surface area contributed by atoms with Crippen LogP contribution in [0.3, 0.4) is 0 Å². The minimum Gasteiger partial charge on any atom is -0.353 e. The van der Waals surface area contributed by atoms with Crippen LogP contribution >= 0.6 is 0 Å². The molecule has 2 aromatic rings. The highest BCUT2D eigenvalue weighted by Gasteiger charge is 2.27. The van der Waals surface area contributed by atoms with E-state index in [9.17, 15) is 0 Å². The van der Waals surface area contributed by atoms with Crippen LogP contribution < -0.4 is 10.6 Å². The average molecular weight is 246 g/mol. The number of nitrogens with one attached hydrogen (secondary N) is 1. The predicted octanol–water partition coefficient (Wildman–Crippen LogP) is 1.06. The van der Waals surface area contributed by atoms with Crippen molar-refractivity contribution in [3.05, 3.63) is 12.7 Å². The third kappa shape index (κ3) is 1.82. The molecule has 2 aromatic heterocycles. The van der Waals surface area contributed by atoms with Gasteiger partial charge in [0.25, 0.3) is 0 Å². The molecule has 96 valence electrons. The molecule has 0 spiro atoms. The molecule has 1 aliphatic carbocycles. The van der Waals surface area contributed by atoms with Crippen molar-refractivity contribution < 1.29 is 0 Å². The number of aromatic nitrogens is 4. The lowest BCUT2D eigenvalue weighted by Crippen LogP contribution is -2.48. The van der Waals surface area contributed by atoms with Crippen molar-refractivity contribution in [2.24, 2.45) is 5.73 Å². The van der Waals surface area contributed by atoms with Crippen LogP contribution in [0.5, 0.6) is 0 Å². The first-order valence-electron chi connectivity index (χ1n) is 6.40. The summed E-state index contributed by atoms with van der Waals surface area (Å²) in [6.45, 7) is 0. The van der Waals surface area contributed by atoms with E-state index in [1.165, 1.54) is 12.8 Å². The number of nitrogens with zero attached hydrogens (tertiary/aromatic N) is 4. The van der Waals surface area contributed by atoms with Gasteiger partial charge in [0.05, 0.1) is 6.33 Å². The summed E-state index contributed by atoms with van der Waals surface area (Å²) in [4.78, 5) is 18.0. The standard InChI is InChI=1S/C12H18N6/c1-18(9-5-3-2-4-8(9)13)12-10-11(15-6-14-10)16-7-17-12/h6-9H,2-5,13H2,1H3,(H,14,15,16,17). The Kier molecular flexibility index (Phi) is 2.87. The number of rotatable bonds is 2. The van der Waals surface area contributed by atoms with Crippen LogP contribution in [0.2, 0.25) is 0 Å². The van der Waals surface area contributed by atoms with Gasteiger partial charge in [-0.25, -0.2) is 15.0 Å². The van der Waals surface area contributed by atoms with Crippen LogP contribution in [-0.4, -0.2) is 39.1 Å². The lowest BCUT2D eigenvalue weighted by Gasteiger charge is -2.36. The Morgan fingerprint density at radius 3 is 2.94 bits per heavy atom. The van der Waals surface area contributed by atoms with Crippen molar-refractivity contribution in [1.82, 2.24) is 19.9 Å². The fraction of sp³-hybridized carbons (Fsp3) is 0.583. The van der Waals surface area contributed by atoms with E-state index in [-0.39, 0.29) is 6.04 Å². The second kappa shape index (κ2) is 4.53. The summed E-state index contributed by atoms with van der Waals surface area (Å²) in [5.41, 5.74) is 7.82. The number of hydrogen-bond acceptors (Lipinski definition) is 5. The molecule has 1 fully saturated rings. The van der Waals surface area contributed by atoms with E-state index in [2.05, 4.69) is 31.9 Å². The largest absolute Gasteiger partial charge is 0.353 e. The van der Waals surface area contributed by atoms with Gasteiger partial charge in [-0.1, -0.05) is 12.8 Å². The molecule has 0 radical (unpaired) electrons. The topological polar surface area (TPSA) is 83.7 Å². The Balaban J connectivity index is 1.95. The van der Waals surface area contributed by atoms with Gasteiger partial charge in [0.2, 0.25) is 0 Å². The van der Waals surface area contributed by atoms with E-state index >= 15 is 0 Å². The minimum absolute atomic E-state index is 0.219. The number of nitrogens with two attached hydrogens (primary N) is 1. The summed E-state index contributed by atoms with van der Waals surface area (Å²) >= 11 is 0. The van der Waals surface area contributed by atoms with Crippen LogP contribution in [0.4, 0.5) is 5.82 Å². The molecule has 2 heterocycles. The normalized spacial score (nSPS) is 24.3. The van der Waals surface area contributed by atoms with Gasteiger partial charge >= 0.3 is 0 Å². The number of anilines is 1. The van der Waals surface area contributed by atoms with Crippen LogP contribution in [0.15, 0.2) is 12.7 Å². The molecule has 6 heteroatoms. The number of H-pyrrole nitrogens is 1. The first-order chi connectivity index (χ1) is 8.77. The molecular weight excluding hydrogens is 228 g/mol. The van der Waals surface area contributed by atoms with Crippen molar-refractivity contribution >= 4 is 17.0 Å². The van der Waals surface area contributed by atoms with E-state index in [4.69, 9.17) is 5.73 Å². The zero-order chi connectivity index (χ0) is 12.5. The Labute approximate surface area is 106 Å². The van der Waals surface area contributed by atoms with Crippen LogP contribution in [0, 0.1) is 0 Å². The fourth-order valence-electron chi connectivity index (χ4n) is 2.80. The zero-order valence-electron chi connectivity index (χ0n) is 10.5. The number of aromatic amines is 1. The molecule has 0 amide bonds. The van der Waals surface area contributed by atoms with E-state index < -0.39 is 0 Å². The second-order valence-corrected chi connectivity index (χ2v) is 4.92. The third-order valence-electron chi connectivity index (χ3n) is 3.82. The molecule has 1 aliphatic rings. The van der Waals surface area contributed by atoms with Crippen LogP contribution in [-0.2, 0) is 0 Å². The summed E-state index contributed by atoms with van der Waals surface area (Å²) in [7, 11) is 2.05. The molecule has 18 heavy (non-hydrogen) atoms. The van der Waals surface area contributed by atoms with E-state index in [0.717, 1.165) is 24.2 Å². The maximum Gasteiger partial charge on any atom is 0.182 e. The van der Waals surface area contributed by atoms with Gasteiger partial charge in [0.1, 0.15) is 11.8 Å². The zero-order valence-corrected chi connectivity index (χ0v) is 10.5. The van der Waals surface area contributed by atoms with Crippen LogP contribution in [0.25, 0.3) is 11.2 Å². The molecular formula is C12H18N6. The SMILES string of the molecule is CN(c1ncnc2nc[nH]c12)C1CCCCC1N. The second-order valence-electron chi connectivity index (χ2n) is 4.92. The highest BCUT2D eigenvalue weighted by Crippen LogP contribution is 2.27. The summed E-state index contributed by atoms with van der Waals surface area (Å²) < 4.78 is 0. The number of imidazole rings is 1. The number of fused-ring (bicyclic) bond motifs is 1. The third-order valence-corrected chi connectivity index (χ3v) is 3.82. The van der Waals surface area contributed by atoms with Crippen LogP contribution in [0.1, 0.15) is 25.7 Å². The summed E-state index contributed by atoms with van der Waals surface area (Å²) in [5, 5.41) is 0. The molecule has 3 N–H and O–H groups in total. The first kappa shape index (κ1) is 11.4. The summed E-state index contributed by atoms with van der Waals surface area (Å²) in [6, 6.07) is 0.567. The van der Waals surface area contributed by atoms with Crippen molar-refractivity contribution in [1.29, 1.82) is 0 Å². The molecule has 1 saturated carbocycles. The van der Waals surface area contributed by atoms with Crippen molar-refractivity contribution in [3.8, 4) is 0 Å². The quantitative estimate of drug-likeness (QED) is 0.827. The lowest BCUT2D eigenvalue weighted by molar-refractivity contribution is 0.372. The van der Waals surface area contributed by atoms with Gasteiger partial charge in [-0.05, 0) is 12.8 Å². The van der Waals surface area contributed by atoms with E-state index in [1.807, 2.05) is 0 Å². The Hall–Kier alpha value is -1.69. The average Bonchev–Trinajstić information content (AvgIpc) is 2.86. The van der Waals surface area contributed by atoms with Crippen molar-refractivity contribution in [2.75, 3.05) is 11.9 Å². The Morgan fingerprint density at radius 2 is 2.11 bits per heavy atom. The van der Waals surface area contributed by atoms with Gasteiger partial charge < -0.3 is 15.6 Å². The minimum atomic E-state index is 0.219.